The Labute approximate surface area is 209 Å². The summed E-state index contributed by atoms with van der Waals surface area (Å²) in [7, 11) is 0. The first-order chi connectivity index (χ1) is 16.2. The predicted molar refractivity (Wildman–Crippen MR) is 142 cm³/mol. The summed E-state index contributed by atoms with van der Waals surface area (Å²) in [6.07, 6.45) is 5.46. The highest BCUT2D eigenvalue weighted by molar-refractivity contribution is 5.98. The van der Waals surface area contributed by atoms with E-state index >= 15 is 0 Å². The van der Waals surface area contributed by atoms with Gasteiger partial charge in [-0.3, -0.25) is 4.90 Å². The molecule has 4 heteroatoms. The molecule has 0 spiro atoms. The zero-order chi connectivity index (χ0) is 22.6. The molecule has 0 bridgehead atoms. The summed E-state index contributed by atoms with van der Waals surface area (Å²) in [6, 6.07) is 27.9. The van der Waals surface area contributed by atoms with Gasteiger partial charge in [-0.25, -0.2) is 0 Å². The van der Waals surface area contributed by atoms with Crippen molar-refractivity contribution in [3.05, 3.63) is 101 Å². The summed E-state index contributed by atoms with van der Waals surface area (Å²) in [5.74, 6) is 0.887. The Bertz CT molecular complexity index is 1110. The van der Waals surface area contributed by atoms with Crippen LogP contribution in [-0.4, -0.2) is 40.9 Å². The SMILES string of the molecule is Cl.OCCC/C(=C(/c1ccc(C2CCN(C3CC3)C2)cc1)c1cccc(O)c1)c1ccccc1. The van der Waals surface area contributed by atoms with Crippen LogP contribution >= 0.6 is 12.4 Å². The Morgan fingerprint density at radius 2 is 1.56 bits per heavy atom. The number of phenols is 1. The number of nitrogens with zero attached hydrogens (tertiary/aromatic N) is 1. The van der Waals surface area contributed by atoms with Crippen LogP contribution < -0.4 is 0 Å². The second kappa shape index (κ2) is 11.2. The molecule has 1 atom stereocenters. The first-order valence-corrected chi connectivity index (χ1v) is 12.3. The maximum absolute atomic E-state index is 10.2. The molecular formula is C30H34ClNO2. The number of aliphatic hydroxyl groups is 1. The lowest BCUT2D eigenvalue weighted by molar-refractivity contribution is 0.290. The molecule has 2 N–H and O–H groups in total. The molecule has 2 fully saturated rings. The third-order valence-electron chi connectivity index (χ3n) is 7.10. The van der Waals surface area contributed by atoms with E-state index < -0.39 is 0 Å². The highest BCUT2D eigenvalue weighted by atomic mass is 35.5. The van der Waals surface area contributed by atoms with E-state index in [1.807, 2.05) is 18.2 Å². The number of likely N-dealkylation sites (tertiary alicyclic amines) is 1. The fourth-order valence-corrected chi connectivity index (χ4v) is 5.24. The molecule has 1 unspecified atom stereocenters. The van der Waals surface area contributed by atoms with E-state index in [-0.39, 0.29) is 24.8 Å². The van der Waals surface area contributed by atoms with Crippen LogP contribution in [0.4, 0.5) is 0 Å². The van der Waals surface area contributed by atoms with Crippen molar-refractivity contribution < 1.29 is 10.2 Å². The molecule has 3 nitrogen and oxygen atoms in total. The third kappa shape index (κ3) is 5.55. The first kappa shape index (κ1) is 24.5. The van der Waals surface area contributed by atoms with Gasteiger partial charge in [0.2, 0.25) is 0 Å². The fraction of sp³-hybridized carbons (Fsp3) is 0.333. The Kier molecular flexibility index (Phi) is 8.10. The molecule has 0 aromatic heterocycles. The molecule has 5 rings (SSSR count). The molecule has 0 radical (unpaired) electrons. The molecule has 1 saturated heterocycles. The number of halogens is 1. The molecule has 3 aromatic rings. The van der Waals surface area contributed by atoms with Crippen LogP contribution in [0.2, 0.25) is 0 Å². The molecule has 2 aliphatic rings. The number of aliphatic hydroxyl groups excluding tert-OH is 1. The van der Waals surface area contributed by atoms with Crippen molar-refractivity contribution in [3.63, 3.8) is 0 Å². The summed E-state index contributed by atoms with van der Waals surface area (Å²) in [5, 5.41) is 19.8. The van der Waals surface area contributed by atoms with Crippen LogP contribution in [0, 0.1) is 0 Å². The van der Waals surface area contributed by atoms with E-state index in [2.05, 4.69) is 59.5 Å². The van der Waals surface area contributed by atoms with Crippen LogP contribution in [0.1, 0.15) is 60.3 Å². The first-order valence-electron chi connectivity index (χ1n) is 12.3. The molecule has 1 aliphatic carbocycles. The molecule has 34 heavy (non-hydrogen) atoms. The van der Waals surface area contributed by atoms with Gasteiger partial charge in [0.25, 0.3) is 0 Å². The summed E-state index contributed by atoms with van der Waals surface area (Å²) >= 11 is 0. The van der Waals surface area contributed by atoms with Gasteiger partial charge in [0, 0.05) is 19.2 Å². The predicted octanol–water partition coefficient (Wildman–Crippen LogP) is 6.50. The van der Waals surface area contributed by atoms with Gasteiger partial charge >= 0.3 is 0 Å². The maximum Gasteiger partial charge on any atom is 0.116 e. The quantitative estimate of drug-likeness (QED) is 0.365. The average Bonchev–Trinajstić information content (AvgIpc) is 3.59. The molecule has 1 aliphatic heterocycles. The topological polar surface area (TPSA) is 43.7 Å². The molecule has 3 aromatic carbocycles. The number of aromatic hydroxyl groups is 1. The van der Waals surface area contributed by atoms with E-state index in [9.17, 15) is 10.2 Å². The average molecular weight is 476 g/mol. The van der Waals surface area contributed by atoms with Gasteiger partial charge in [0.05, 0.1) is 0 Å². The van der Waals surface area contributed by atoms with Crippen molar-refractivity contribution in [3.8, 4) is 5.75 Å². The summed E-state index contributed by atoms with van der Waals surface area (Å²) < 4.78 is 0. The number of allylic oxidation sites excluding steroid dienone is 1. The van der Waals surface area contributed by atoms with Gasteiger partial charge in [-0.2, -0.15) is 0 Å². The van der Waals surface area contributed by atoms with E-state index in [1.165, 1.54) is 43.5 Å². The van der Waals surface area contributed by atoms with Crippen LogP contribution in [0.3, 0.4) is 0 Å². The van der Waals surface area contributed by atoms with Crippen molar-refractivity contribution in [1.29, 1.82) is 0 Å². The van der Waals surface area contributed by atoms with Gasteiger partial charge in [-0.05, 0) is 90.1 Å². The van der Waals surface area contributed by atoms with Gasteiger partial charge in [0.1, 0.15) is 5.75 Å². The third-order valence-corrected chi connectivity index (χ3v) is 7.10. The second-order valence-electron chi connectivity index (χ2n) is 9.43. The molecule has 1 heterocycles. The lowest BCUT2D eigenvalue weighted by Gasteiger charge is -2.19. The van der Waals surface area contributed by atoms with Crippen molar-refractivity contribution in [2.45, 2.75) is 44.1 Å². The zero-order valence-corrected chi connectivity index (χ0v) is 20.4. The van der Waals surface area contributed by atoms with Crippen molar-refractivity contribution in [2.75, 3.05) is 19.7 Å². The van der Waals surface area contributed by atoms with Gasteiger partial charge < -0.3 is 10.2 Å². The van der Waals surface area contributed by atoms with Crippen LogP contribution in [0.5, 0.6) is 5.75 Å². The van der Waals surface area contributed by atoms with E-state index in [1.54, 1.807) is 6.07 Å². The Balaban J connectivity index is 0.00000274. The standard InChI is InChI=1S/C30H33NO2.ClH/c32-19-5-10-29(23-6-2-1-3-7-23)30(25-8-4-9-28(33)20-25)24-13-11-22(12-14-24)26-17-18-31(21-26)27-15-16-27;/h1-4,6-9,11-14,20,26-27,32-33H,5,10,15-19,21H2;1H/b30-29+;. The van der Waals surface area contributed by atoms with E-state index in [0.717, 1.165) is 34.7 Å². The highest BCUT2D eigenvalue weighted by Crippen LogP contribution is 2.38. The summed E-state index contributed by atoms with van der Waals surface area (Å²) in [4.78, 5) is 2.67. The van der Waals surface area contributed by atoms with Crippen LogP contribution in [0.15, 0.2) is 78.9 Å². The van der Waals surface area contributed by atoms with Crippen LogP contribution in [0.25, 0.3) is 11.1 Å². The van der Waals surface area contributed by atoms with Gasteiger partial charge in [0.15, 0.2) is 0 Å². The summed E-state index contributed by atoms with van der Waals surface area (Å²) in [6.45, 7) is 2.57. The monoisotopic (exact) mass is 475 g/mol. The molecular weight excluding hydrogens is 442 g/mol. The van der Waals surface area contributed by atoms with Crippen molar-refractivity contribution in [1.82, 2.24) is 4.90 Å². The number of hydrogen-bond acceptors (Lipinski definition) is 3. The highest BCUT2D eigenvalue weighted by Gasteiger charge is 2.34. The van der Waals surface area contributed by atoms with E-state index in [0.29, 0.717) is 12.3 Å². The van der Waals surface area contributed by atoms with Crippen molar-refractivity contribution >= 4 is 23.6 Å². The molecule has 178 valence electrons. The van der Waals surface area contributed by atoms with Gasteiger partial charge in [-0.15, -0.1) is 12.4 Å². The Morgan fingerprint density at radius 1 is 0.824 bits per heavy atom. The van der Waals surface area contributed by atoms with Crippen molar-refractivity contribution in [2.24, 2.45) is 0 Å². The number of benzene rings is 3. The van der Waals surface area contributed by atoms with E-state index in [4.69, 9.17) is 0 Å². The number of hydrogen-bond donors (Lipinski definition) is 2. The van der Waals surface area contributed by atoms with Gasteiger partial charge in [-0.1, -0.05) is 66.7 Å². The summed E-state index contributed by atoms with van der Waals surface area (Å²) in [5.41, 5.74) is 7.06. The number of phenolic OH excluding ortho intramolecular Hbond substituents is 1. The minimum atomic E-state index is 0. The smallest absolute Gasteiger partial charge is 0.116 e. The van der Waals surface area contributed by atoms with Crippen LogP contribution in [-0.2, 0) is 0 Å². The zero-order valence-electron chi connectivity index (χ0n) is 19.6. The minimum Gasteiger partial charge on any atom is -0.508 e. The fourth-order valence-electron chi connectivity index (χ4n) is 5.24. The lowest BCUT2D eigenvalue weighted by atomic mass is 9.86. The lowest BCUT2D eigenvalue weighted by Crippen LogP contribution is -2.22. The Hall–Kier alpha value is -2.59. The second-order valence-corrected chi connectivity index (χ2v) is 9.43. The molecule has 0 amide bonds. The Morgan fingerprint density at radius 3 is 2.24 bits per heavy atom. The normalized spacial score (nSPS) is 18.9. The maximum atomic E-state index is 10.2. The number of rotatable bonds is 8. The minimum absolute atomic E-state index is 0. The largest absolute Gasteiger partial charge is 0.508 e. The molecule has 1 saturated carbocycles.